The minimum absolute atomic E-state index is 0.1000. The van der Waals surface area contributed by atoms with Crippen molar-refractivity contribution in [2.24, 2.45) is 0 Å². The van der Waals surface area contributed by atoms with E-state index >= 15 is 0 Å². The zero-order valence-corrected chi connectivity index (χ0v) is 26.6. The van der Waals surface area contributed by atoms with E-state index in [1.54, 1.807) is 0 Å². The van der Waals surface area contributed by atoms with Crippen LogP contribution >= 0.6 is 0 Å². The van der Waals surface area contributed by atoms with Crippen molar-refractivity contribution in [2.75, 3.05) is 4.90 Å². The molecule has 48 heavy (non-hydrogen) atoms. The van der Waals surface area contributed by atoms with Crippen LogP contribution in [0.5, 0.6) is 0 Å². The molecule has 2 heterocycles. The van der Waals surface area contributed by atoms with Gasteiger partial charge in [0.1, 0.15) is 0 Å². The van der Waals surface area contributed by atoms with Gasteiger partial charge in [-0.2, -0.15) is 10.5 Å². The fraction of sp³-hybridized carbons (Fsp3) is 0.182. The summed E-state index contributed by atoms with van der Waals surface area (Å²) in [4.78, 5) is 2.60. The van der Waals surface area contributed by atoms with Crippen LogP contribution < -0.4 is 4.90 Å². The van der Waals surface area contributed by atoms with Crippen LogP contribution in [0, 0.1) is 22.7 Å². The van der Waals surface area contributed by atoms with Gasteiger partial charge in [0.2, 0.25) is 0 Å². The van der Waals surface area contributed by atoms with Gasteiger partial charge < -0.3 is 9.47 Å². The van der Waals surface area contributed by atoms with Crippen LogP contribution in [0.4, 0.5) is 5.69 Å². The van der Waals surface area contributed by atoms with Gasteiger partial charge in [0.05, 0.1) is 35.3 Å². The average molecular weight is 619 g/mol. The van der Waals surface area contributed by atoms with Crippen LogP contribution in [-0.4, -0.2) is 16.7 Å². The summed E-state index contributed by atoms with van der Waals surface area (Å²) in [5.41, 5.74) is 12.5. The van der Waals surface area contributed by atoms with Crippen molar-refractivity contribution in [1.29, 1.82) is 10.5 Å². The average Bonchev–Trinajstić information content (AvgIpc) is 3.68. The summed E-state index contributed by atoms with van der Waals surface area (Å²) in [6.07, 6.45) is 27.9. The maximum absolute atomic E-state index is 9.93. The van der Waals surface area contributed by atoms with Gasteiger partial charge in [0.15, 0.2) is 0 Å². The Morgan fingerprint density at radius 2 is 1.60 bits per heavy atom. The highest BCUT2D eigenvalue weighted by atomic mass is 15.2. The molecule has 1 aliphatic heterocycles. The summed E-state index contributed by atoms with van der Waals surface area (Å²) >= 11 is 0. The second-order valence-corrected chi connectivity index (χ2v) is 13.2. The van der Waals surface area contributed by atoms with E-state index < -0.39 is 0 Å². The zero-order chi connectivity index (χ0) is 32.2. The molecule has 230 valence electrons. The van der Waals surface area contributed by atoms with Gasteiger partial charge in [-0.05, 0) is 78.3 Å². The Bertz CT molecular complexity index is 2300. The molecule has 9 rings (SSSR count). The first kappa shape index (κ1) is 28.4. The zero-order valence-electron chi connectivity index (χ0n) is 26.6. The van der Waals surface area contributed by atoms with Gasteiger partial charge in [0, 0.05) is 45.4 Å². The molecular weight excluding hydrogens is 585 g/mol. The number of allylic oxidation sites excluding steroid dienone is 9. The topological polar surface area (TPSA) is 55.8 Å². The maximum Gasteiger partial charge on any atom is 0.0994 e. The van der Waals surface area contributed by atoms with E-state index in [4.69, 9.17) is 0 Å². The molecule has 3 unspecified atom stereocenters. The van der Waals surface area contributed by atoms with E-state index in [9.17, 15) is 10.5 Å². The predicted molar refractivity (Wildman–Crippen MR) is 195 cm³/mol. The van der Waals surface area contributed by atoms with Gasteiger partial charge in [0.25, 0.3) is 0 Å². The van der Waals surface area contributed by atoms with Crippen LogP contribution in [0.25, 0.3) is 28.2 Å². The lowest BCUT2D eigenvalue weighted by molar-refractivity contribution is 0.609. The largest absolute Gasteiger partial charge is 0.357 e. The van der Waals surface area contributed by atoms with Gasteiger partial charge >= 0.3 is 0 Å². The molecule has 0 amide bonds. The second kappa shape index (κ2) is 11.4. The molecule has 4 heteroatoms. The molecule has 0 saturated carbocycles. The van der Waals surface area contributed by atoms with Crippen molar-refractivity contribution in [1.82, 2.24) is 4.57 Å². The van der Waals surface area contributed by atoms with Crippen LogP contribution in [-0.2, 0) is 0 Å². The Morgan fingerprint density at radius 3 is 2.52 bits per heavy atom. The smallest absolute Gasteiger partial charge is 0.0994 e. The van der Waals surface area contributed by atoms with Gasteiger partial charge in [-0.25, -0.2) is 0 Å². The molecular formula is C44H34N4. The Kier molecular flexibility index (Phi) is 6.77. The molecule has 0 radical (unpaired) electrons. The third kappa shape index (κ3) is 4.34. The van der Waals surface area contributed by atoms with E-state index in [2.05, 4.69) is 149 Å². The Balaban J connectivity index is 1.25. The fourth-order valence-electron chi connectivity index (χ4n) is 8.70. The minimum Gasteiger partial charge on any atom is -0.357 e. The highest BCUT2D eigenvalue weighted by Crippen LogP contribution is 2.52. The Morgan fingerprint density at radius 1 is 0.771 bits per heavy atom. The van der Waals surface area contributed by atoms with Crippen molar-refractivity contribution in [2.45, 2.75) is 49.6 Å². The summed E-state index contributed by atoms with van der Waals surface area (Å²) in [6.45, 7) is 0. The van der Waals surface area contributed by atoms with E-state index in [1.807, 2.05) is 6.08 Å². The number of anilines is 1. The maximum atomic E-state index is 9.93. The molecule has 5 aliphatic rings. The molecule has 4 atom stereocenters. The fourth-order valence-corrected chi connectivity index (χ4v) is 8.70. The standard InChI is InChI=1S/C44H34N4/c45-27-29-11-7-14-32(25-29)47-41-23-5-3-17-35(41)37-19-9-21-39(43(37)47)40-22-10-20-38-36-18-4-6-24-42(36)48(44(38)40)33-15-8-13-30(26-33)34-16-2-1-12-31(34)28-46/h3-13,15-21,23-26,32,35,40-41H,1-2,14,22H2/t32-,35?,40?,41?/m1/s1. The monoisotopic (exact) mass is 618 g/mol. The van der Waals surface area contributed by atoms with E-state index in [-0.39, 0.29) is 23.9 Å². The number of rotatable bonds is 4. The second-order valence-electron chi connectivity index (χ2n) is 13.2. The number of hydrogen-bond acceptors (Lipinski definition) is 3. The summed E-state index contributed by atoms with van der Waals surface area (Å²) in [5.74, 6) is 0.385. The first-order chi connectivity index (χ1) is 23.7. The van der Waals surface area contributed by atoms with Crippen molar-refractivity contribution >= 4 is 28.2 Å². The molecule has 1 aromatic heterocycles. The molecule has 0 N–H and O–H groups in total. The van der Waals surface area contributed by atoms with Crippen LogP contribution in [0.3, 0.4) is 0 Å². The number of nitriles is 2. The number of fused-ring (bicyclic) bond motifs is 6. The Hall–Kier alpha value is -5.84. The number of nitrogens with zero attached hydrogens (tertiary/aromatic N) is 4. The normalized spacial score (nSPS) is 23.5. The van der Waals surface area contributed by atoms with Crippen molar-refractivity contribution in [3.63, 3.8) is 0 Å². The Labute approximate surface area is 281 Å². The van der Waals surface area contributed by atoms with E-state index in [0.717, 1.165) is 53.7 Å². The number of aromatic nitrogens is 1. The van der Waals surface area contributed by atoms with E-state index in [1.165, 1.54) is 39.0 Å². The minimum atomic E-state index is 0.1000. The number of benzene rings is 3. The lowest BCUT2D eigenvalue weighted by atomic mass is 9.83. The number of para-hydroxylation sites is 2. The van der Waals surface area contributed by atoms with Crippen LogP contribution in [0.1, 0.15) is 65.5 Å². The van der Waals surface area contributed by atoms with Gasteiger partial charge in [-0.3, -0.25) is 0 Å². The van der Waals surface area contributed by atoms with Crippen LogP contribution in [0.15, 0.2) is 139 Å². The predicted octanol–water partition coefficient (Wildman–Crippen LogP) is 9.98. The quantitative estimate of drug-likeness (QED) is 0.229. The lowest BCUT2D eigenvalue weighted by Gasteiger charge is -2.37. The molecule has 4 aliphatic carbocycles. The highest BCUT2D eigenvalue weighted by molar-refractivity contribution is 5.94. The third-order valence-electron chi connectivity index (χ3n) is 10.7. The third-order valence-corrected chi connectivity index (χ3v) is 10.7. The molecule has 0 spiro atoms. The molecule has 0 bridgehead atoms. The number of hydrogen-bond donors (Lipinski definition) is 0. The lowest BCUT2D eigenvalue weighted by Crippen LogP contribution is -2.41. The molecule has 3 aromatic carbocycles. The van der Waals surface area contributed by atoms with Crippen LogP contribution in [0.2, 0.25) is 0 Å². The van der Waals surface area contributed by atoms with Gasteiger partial charge in [-0.15, -0.1) is 0 Å². The van der Waals surface area contributed by atoms with Gasteiger partial charge in [-0.1, -0.05) is 103 Å². The van der Waals surface area contributed by atoms with Crippen molar-refractivity contribution < 1.29 is 0 Å². The summed E-state index contributed by atoms with van der Waals surface area (Å²) in [5, 5.41) is 21.0. The molecule has 0 saturated heterocycles. The van der Waals surface area contributed by atoms with E-state index in [0.29, 0.717) is 0 Å². The molecule has 4 nitrogen and oxygen atoms in total. The highest BCUT2D eigenvalue weighted by Gasteiger charge is 2.42. The van der Waals surface area contributed by atoms with Crippen molar-refractivity contribution in [3.8, 4) is 17.8 Å². The SMILES string of the molecule is N#CC1=C[C@H](N2c3c(C4CC=Cc5c4n(-c4cccc(C6=CCCC=C6C#N)c4)c4ccccc54)cccc3C3C=CC=CC32)CC=C1. The molecule has 4 aromatic rings. The molecule has 0 fully saturated rings. The summed E-state index contributed by atoms with van der Waals surface area (Å²) in [7, 11) is 0. The first-order valence-electron chi connectivity index (χ1n) is 17.0. The summed E-state index contributed by atoms with van der Waals surface area (Å²) < 4.78 is 2.48. The first-order valence-corrected chi connectivity index (χ1v) is 17.0. The summed E-state index contributed by atoms with van der Waals surface area (Å²) in [6, 6.07) is 29.5. The van der Waals surface area contributed by atoms with Crippen molar-refractivity contribution in [3.05, 3.63) is 167 Å².